The highest BCUT2D eigenvalue weighted by molar-refractivity contribution is 6.29. The van der Waals surface area contributed by atoms with Gasteiger partial charge in [0.15, 0.2) is 5.22 Å². The van der Waals surface area contributed by atoms with E-state index in [9.17, 15) is 0 Å². The Morgan fingerprint density at radius 2 is 2.47 bits per heavy atom. The summed E-state index contributed by atoms with van der Waals surface area (Å²) in [5.41, 5.74) is 7.75. The Bertz CT molecular complexity index is 449. The second-order valence-corrected chi connectivity index (χ2v) is 3.60. The Kier molecular flexibility index (Phi) is 2.79. The molecule has 4 nitrogen and oxygen atoms in total. The van der Waals surface area contributed by atoms with Crippen molar-refractivity contribution in [2.45, 2.75) is 19.5 Å². The van der Waals surface area contributed by atoms with Gasteiger partial charge in [0, 0.05) is 23.9 Å². The first-order valence-electron chi connectivity index (χ1n) is 4.73. The van der Waals surface area contributed by atoms with E-state index in [4.69, 9.17) is 21.8 Å². The number of hydrogen-bond donors (Lipinski definition) is 1. The van der Waals surface area contributed by atoms with E-state index in [-0.39, 0.29) is 6.04 Å². The minimum Gasteiger partial charge on any atom is -0.453 e. The smallest absolute Gasteiger partial charge is 0.198 e. The normalized spacial score (nSPS) is 13.0. The van der Waals surface area contributed by atoms with Gasteiger partial charge in [-0.2, -0.15) is 5.10 Å². The number of nitrogens with zero attached hydrogens (tertiary/aromatic N) is 2. The number of rotatable bonds is 3. The topological polar surface area (TPSA) is 57.0 Å². The predicted octanol–water partition coefficient (Wildman–Crippen LogP) is 2.20. The van der Waals surface area contributed by atoms with Gasteiger partial charge in [-0.05, 0) is 24.6 Å². The molecule has 0 fully saturated rings. The Balaban J connectivity index is 2.28. The van der Waals surface area contributed by atoms with Crippen molar-refractivity contribution in [3.8, 4) is 0 Å². The largest absolute Gasteiger partial charge is 0.453 e. The van der Waals surface area contributed by atoms with Crippen LogP contribution in [0.1, 0.15) is 24.1 Å². The molecule has 0 aromatic carbocycles. The van der Waals surface area contributed by atoms with Crippen LogP contribution in [-0.2, 0) is 6.54 Å². The lowest BCUT2D eigenvalue weighted by Gasteiger charge is -2.06. The van der Waals surface area contributed by atoms with Gasteiger partial charge in [0.2, 0.25) is 0 Å². The van der Waals surface area contributed by atoms with E-state index in [1.165, 1.54) is 6.26 Å². The van der Waals surface area contributed by atoms with Crippen LogP contribution in [0.3, 0.4) is 0 Å². The molecular weight excluding hydrogens is 214 g/mol. The molecule has 0 radical (unpaired) electrons. The van der Waals surface area contributed by atoms with Crippen LogP contribution < -0.4 is 5.73 Å². The number of hydrogen-bond acceptors (Lipinski definition) is 3. The van der Waals surface area contributed by atoms with Crippen LogP contribution in [-0.4, -0.2) is 9.78 Å². The molecule has 1 unspecified atom stereocenters. The molecule has 2 aromatic heterocycles. The minimum atomic E-state index is -0.281. The number of furan rings is 1. The van der Waals surface area contributed by atoms with E-state index in [0.717, 1.165) is 17.7 Å². The Hall–Kier alpha value is -1.26. The van der Waals surface area contributed by atoms with Gasteiger partial charge in [-0.25, -0.2) is 0 Å². The first-order chi connectivity index (χ1) is 7.22. The highest BCUT2D eigenvalue weighted by Gasteiger charge is 2.16. The summed E-state index contributed by atoms with van der Waals surface area (Å²) >= 11 is 5.85. The van der Waals surface area contributed by atoms with Crippen molar-refractivity contribution in [1.29, 1.82) is 0 Å². The lowest BCUT2D eigenvalue weighted by molar-refractivity contribution is 0.564. The molecule has 0 amide bonds. The second kappa shape index (κ2) is 4.08. The standard InChI is InChI=1S/C10H12ClN3O/c1-2-14-6-7(5-13-14)9(12)8-3-4-15-10(8)11/h3-6,9H,2,12H2,1H3. The fourth-order valence-corrected chi connectivity index (χ4v) is 1.65. The molecule has 15 heavy (non-hydrogen) atoms. The molecule has 0 aliphatic rings. The second-order valence-electron chi connectivity index (χ2n) is 3.26. The third-order valence-electron chi connectivity index (χ3n) is 2.32. The van der Waals surface area contributed by atoms with E-state index in [0.29, 0.717) is 5.22 Å². The molecule has 80 valence electrons. The number of aryl methyl sites for hydroxylation is 1. The Morgan fingerprint density at radius 3 is 3.00 bits per heavy atom. The third-order valence-corrected chi connectivity index (χ3v) is 2.62. The quantitative estimate of drug-likeness (QED) is 0.871. The zero-order valence-corrected chi connectivity index (χ0v) is 9.11. The van der Waals surface area contributed by atoms with Crippen molar-refractivity contribution in [2.24, 2.45) is 5.73 Å². The van der Waals surface area contributed by atoms with Gasteiger partial charge in [0.05, 0.1) is 18.5 Å². The molecule has 1 atom stereocenters. The zero-order chi connectivity index (χ0) is 10.8. The average Bonchev–Trinajstić information content (AvgIpc) is 2.84. The first kappa shape index (κ1) is 10.3. The number of halogens is 1. The summed E-state index contributed by atoms with van der Waals surface area (Å²) in [6.07, 6.45) is 5.19. The van der Waals surface area contributed by atoms with Crippen molar-refractivity contribution in [1.82, 2.24) is 9.78 Å². The molecule has 0 aliphatic heterocycles. The predicted molar refractivity (Wildman–Crippen MR) is 57.6 cm³/mol. The molecule has 2 heterocycles. The van der Waals surface area contributed by atoms with E-state index in [1.54, 1.807) is 12.3 Å². The summed E-state index contributed by atoms with van der Waals surface area (Å²) < 4.78 is 6.82. The lowest BCUT2D eigenvalue weighted by atomic mass is 10.1. The van der Waals surface area contributed by atoms with Crippen LogP contribution in [0.25, 0.3) is 0 Å². The van der Waals surface area contributed by atoms with Crippen molar-refractivity contribution in [2.75, 3.05) is 0 Å². The van der Waals surface area contributed by atoms with Crippen molar-refractivity contribution in [3.05, 3.63) is 41.1 Å². The van der Waals surface area contributed by atoms with E-state index in [2.05, 4.69) is 5.10 Å². The molecule has 2 aromatic rings. The van der Waals surface area contributed by atoms with Crippen molar-refractivity contribution >= 4 is 11.6 Å². The van der Waals surface area contributed by atoms with Crippen LogP contribution in [0.4, 0.5) is 0 Å². The van der Waals surface area contributed by atoms with Gasteiger partial charge in [-0.15, -0.1) is 0 Å². The van der Waals surface area contributed by atoms with Gasteiger partial charge in [-0.3, -0.25) is 4.68 Å². The highest BCUT2D eigenvalue weighted by Crippen LogP contribution is 2.26. The van der Waals surface area contributed by atoms with Crippen LogP contribution in [0.2, 0.25) is 5.22 Å². The van der Waals surface area contributed by atoms with E-state index < -0.39 is 0 Å². The van der Waals surface area contributed by atoms with Crippen molar-refractivity contribution < 1.29 is 4.42 Å². The minimum absolute atomic E-state index is 0.281. The van der Waals surface area contributed by atoms with Gasteiger partial charge in [-0.1, -0.05) is 0 Å². The van der Waals surface area contributed by atoms with Crippen molar-refractivity contribution in [3.63, 3.8) is 0 Å². The molecule has 0 saturated heterocycles. The summed E-state index contributed by atoms with van der Waals surface area (Å²) in [5, 5.41) is 4.50. The fourth-order valence-electron chi connectivity index (χ4n) is 1.42. The Labute approximate surface area is 92.6 Å². The number of aromatic nitrogens is 2. The van der Waals surface area contributed by atoms with E-state index in [1.807, 2.05) is 17.8 Å². The maximum absolute atomic E-state index is 6.03. The average molecular weight is 226 g/mol. The summed E-state index contributed by atoms with van der Waals surface area (Å²) in [7, 11) is 0. The molecule has 0 bridgehead atoms. The maximum atomic E-state index is 6.03. The molecule has 5 heteroatoms. The van der Waals surface area contributed by atoms with Gasteiger partial charge >= 0.3 is 0 Å². The molecule has 0 aliphatic carbocycles. The molecular formula is C10H12ClN3O. The summed E-state index contributed by atoms with van der Waals surface area (Å²) in [6.45, 7) is 2.85. The zero-order valence-electron chi connectivity index (χ0n) is 8.35. The molecule has 0 saturated carbocycles. The molecule has 0 spiro atoms. The number of nitrogens with two attached hydrogens (primary N) is 1. The Morgan fingerprint density at radius 1 is 1.67 bits per heavy atom. The van der Waals surface area contributed by atoms with Gasteiger partial charge < -0.3 is 10.2 Å². The van der Waals surface area contributed by atoms with Crippen LogP contribution in [0, 0.1) is 0 Å². The monoisotopic (exact) mass is 225 g/mol. The van der Waals surface area contributed by atoms with Gasteiger partial charge in [0.1, 0.15) is 0 Å². The van der Waals surface area contributed by atoms with Crippen LogP contribution in [0.5, 0.6) is 0 Å². The van der Waals surface area contributed by atoms with Crippen LogP contribution in [0.15, 0.2) is 29.1 Å². The summed E-state index contributed by atoms with van der Waals surface area (Å²) in [4.78, 5) is 0. The van der Waals surface area contributed by atoms with Crippen LogP contribution >= 0.6 is 11.6 Å². The molecule has 2 rings (SSSR count). The molecule has 2 N–H and O–H groups in total. The fraction of sp³-hybridized carbons (Fsp3) is 0.300. The lowest BCUT2D eigenvalue weighted by Crippen LogP contribution is -2.10. The third kappa shape index (κ3) is 1.91. The van der Waals surface area contributed by atoms with E-state index >= 15 is 0 Å². The summed E-state index contributed by atoms with van der Waals surface area (Å²) in [5.74, 6) is 0. The summed E-state index contributed by atoms with van der Waals surface area (Å²) in [6, 6.07) is 1.49. The maximum Gasteiger partial charge on any atom is 0.198 e. The highest BCUT2D eigenvalue weighted by atomic mass is 35.5. The SMILES string of the molecule is CCn1cc(C(N)c2ccoc2Cl)cn1. The first-order valence-corrected chi connectivity index (χ1v) is 5.11. The van der Waals surface area contributed by atoms with Gasteiger partial charge in [0.25, 0.3) is 0 Å².